The van der Waals surface area contributed by atoms with Gasteiger partial charge in [-0.1, -0.05) is 21.1 Å². The molecule has 1 aromatic carbocycles. The molecule has 1 atom stereocenters. The highest BCUT2D eigenvalue weighted by Crippen LogP contribution is 2.27. The van der Waals surface area contributed by atoms with Crippen LogP contribution in [0.15, 0.2) is 27.2 Å². The van der Waals surface area contributed by atoms with E-state index in [0.29, 0.717) is 11.8 Å². The first-order valence-corrected chi connectivity index (χ1v) is 7.34. The lowest BCUT2D eigenvalue weighted by molar-refractivity contribution is 0.393. The van der Waals surface area contributed by atoms with E-state index >= 15 is 0 Å². The predicted octanol–water partition coefficient (Wildman–Crippen LogP) is 3.27. The molecule has 1 N–H and O–H groups in total. The van der Waals surface area contributed by atoms with Gasteiger partial charge in [0.1, 0.15) is 0 Å². The molecule has 19 heavy (non-hydrogen) atoms. The van der Waals surface area contributed by atoms with Crippen LogP contribution in [-0.4, -0.2) is 23.2 Å². The van der Waals surface area contributed by atoms with Crippen molar-refractivity contribution < 1.29 is 4.52 Å². The summed E-state index contributed by atoms with van der Waals surface area (Å²) in [6, 6.07) is 6.06. The molecule has 1 saturated heterocycles. The number of rotatable bonds is 2. The second kappa shape index (κ2) is 5.43. The van der Waals surface area contributed by atoms with E-state index in [4.69, 9.17) is 4.52 Å². The minimum absolute atomic E-state index is 0.377. The van der Waals surface area contributed by atoms with Crippen LogP contribution in [0.5, 0.6) is 0 Å². The van der Waals surface area contributed by atoms with E-state index < -0.39 is 0 Å². The topological polar surface area (TPSA) is 51.0 Å². The Morgan fingerprint density at radius 2 is 2.32 bits per heavy atom. The zero-order chi connectivity index (χ0) is 13.2. The van der Waals surface area contributed by atoms with Crippen molar-refractivity contribution >= 4 is 15.9 Å². The Kier molecular flexibility index (Phi) is 3.66. The van der Waals surface area contributed by atoms with Gasteiger partial charge in [0, 0.05) is 22.5 Å². The van der Waals surface area contributed by atoms with E-state index in [1.54, 1.807) is 0 Å². The molecular weight excluding hydrogens is 306 g/mol. The molecule has 3 rings (SSSR count). The van der Waals surface area contributed by atoms with E-state index in [1.807, 2.05) is 19.1 Å². The van der Waals surface area contributed by atoms with Crippen LogP contribution in [-0.2, 0) is 0 Å². The van der Waals surface area contributed by atoms with E-state index in [-0.39, 0.29) is 0 Å². The minimum Gasteiger partial charge on any atom is -0.334 e. The summed E-state index contributed by atoms with van der Waals surface area (Å²) in [5, 5.41) is 7.52. The van der Waals surface area contributed by atoms with Gasteiger partial charge in [-0.15, -0.1) is 0 Å². The normalized spacial score (nSPS) is 19.6. The van der Waals surface area contributed by atoms with E-state index in [1.165, 1.54) is 6.42 Å². The van der Waals surface area contributed by atoms with Crippen molar-refractivity contribution in [3.63, 3.8) is 0 Å². The molecule has 5 heteroatoms. The molecule has 0 saturated carbocycles. The van der Waals surface area contributed by atoms with E-state index in [2.05, 4.69) is 37.5 Å². The number of hydrogen-bond acceptors (Lipinski definition) is 4. The van der Waals surface area contributed by atoms with Crippen LogP contribution in [0.1, 0.15) is 30.1 Å². The average molecular weight is 322 g/mol. The first-order chi connectivity index (χ1) is 9.24. The van der Waals surface area contributed by atoms with Gasteiger partial charge < -0.3 is 9.84 Å². The second-order valence-corrected chi connectivity index (χ2v) is 5.88. The smallest absolute Gasteiger partial charge is 0.258 e. The molecule has 1 aliphatic rings. The maximum atomic E-state index is 5.42. The van der Waals surface area contributed by atoms with Crippen LogP contribution in [0.25, 0.3) is 11.5 Å². The van der Waals surface area contributed by atoms with Gasteiger partial charge in [0.2, 0.25) is 0 Å². The average Bonchev–Trinajstić information content (AvgIpc) is 2.89. The first kappa shape index (κ1) is 12.8. The van der Waals surface area contributed by atoms with Crippen molar-refractivity contribution in [2.24, 2.45) is 0 Å². The monoisotopic (exact) mass is 321 g/mol. The van der Waals surface area contributed by atoms with Crippen molar-refractivity contribution in [1.82, 2.24) is 15.5 Å². The van der Waals surface area contributed by atoms with Crippen LogP contribution in [0.3, 0.4) is 0 Å². The number of aryl methyl sites for hydroxylation is 1. The van der Waals surface area contributed by atoms with Crippen molar-refractivity contribution in [3.8, 4) is 11.5 Å². The Labute approximate surface area is 120 Å². The van der Waals surface area contributed by atoms with Gasteiger partial charge in [-0.2, -0.15) is 4.98 Å². The highest BCUT2D eigenvalue weighted by Gasteiger charge is 2.21. The quantitative estimate of drug-likeness (QED) is 0.922. The maximum absolute atomic E-state index is 5.42. The Bertz CT molecular complexity index is 576. The minimum atomic E-state index is 0.377. The number of nitrogens with zero attached hydrogens (tertiary/aromatic N) is 2. The summed E-state index contributed by atoms with van der Waals surface area (Å²) >= 11 is 3.46. The largest absolute Gasteiger partial charge is 0.334 e. The molecule has 2 heterocycles. The molecule has 1 aromatic heterocycles. The van der Waals surface area contributed by atoms with Crippen molar-refractivity contribution in [2.45, 2.75) is 25.7 Å². The number of halogens is 1. The van der Waals surface area contributed by atoms with Gasteiger partial charge in [-0.25, -0.2) is 0 Å². The molecule has 0 spiro atoms. The number of benzene rings is 1. The van der Waals surface area contributed by atoms with Crippen LogP contribution in [0.4, 0.5) is 0 Å². The Morgan fingerprint density at radius 1 is 1.42 bits per heavy atom. The van der Waals surface area contributed by atoms with Gasteiger partial charge in [0.15, 0.2) is 5.82 Å². The molecule has 1 unspecified atom stereocenters. The zero-order valence-corrected chi connectivity index (χ0v) is 12.4. The van der Waals surface area contributed by atoms with Crippen molar-refractivity contribution in [3.05, 3.63) is 34.1 Å². The van der Waals surface area contributed by atoms with Gasteiger partial charge in [-0.05, 0) is 50.1 Å². The predicted molar refractivity (Wildman–Crippen MR) is 77.0 cm³/mol. The lowest BCUT2D eigenvalue weighted by Gasteiger charge is -2.19. The van der Waals surface area contributed by atoms with Crippen LogP contribution < -0.4 is 5.32 Å². The van der Waals surface area contributed by atoms with Gasteiger partial charge in [0.05, 0.1) is 0 Å². The standard InChI is InChI=1S/C14H16BrN3O/c1-9-7-11(15)4-5-12(9)14-17-13(18-19-14)10-3-2-6-16-8-10/h4-5,7,10,16H,2-3,6,8H2,1H3. The lowest BCUT2D eigenvalue weighted by atomic mass is 9.99. The highest BCUT2D eigenvalue weighted by atomic mass is 79.9. The third kappa shape index (κ3) is 2.72. The molecule has 4 nitrogen and oxygen atoms in total. The van der Waals surface area contributed by atoms with Gasteiger partial charge in [0.25, 0.3) is 5.89 Å². The molecule has 2 aromatic rings. The molecule has 100 valence electrons. The fourth-order valence-corrected chi connectivity index (χ4v) is 2.92. The van der Waals surface area contributed by atoms with Gasteiger partial charge in [-0.3, -0.25) is 0 Å². The van der Waals surface area contributed by atoms with Crippen LogP contribution >= 0.6 is 15.9 Å². The van der Waals surface area contributed by atoms with Crippen LogP contribution in [0.2, 0.25) is 0 Å². The Morgan fingerprint density at radius 3 is 3.05 bits per heavy atom. The number of piperidine rings is 1. The summed E-state index contributed by atoms with van der Waals surface area (Å²) in [5.74, 6) is 1.82. The third-order valence-corrected chi connectivity index (χ3v) is 4.02. The van der Waals surface area contributed by atoms with Crippen LogP contribution in [0, 0.1) is 6.92 Å². The van der Waals surface area contributed by atoms with Crippen molar-refractivity contribution in [2.75, 3.05) is 13.1 Å². The molecule has 0 aliphatic carbocycles. The first-order valence-electron chi connectivity index (χ1n) is 6.55. The molecular formula is C14H16BrN3O. The van der Waals surface area contributed by atoms with Crippen molar-refractivity contribution in [1.29, 1.82) is 0 Å². The summed E-state index contributed by atoms with van der Waals surface area (Å²) in [6.45, 7) is 4.08. The maximum Gasteiger partial charge on any atom is 0.258 e. The fourth-order valence-electron chi connectivity index (χ4n) is 2.45. The second-order valence-electron chi connectivity index (χ2n) is 4.96. The molecule has 1 aliphatic heterocycles. The molecule has 0 amide bonds. The molecule has 0 radical (unpaired) electrons. The number of aromatic nitrogens is 2. The summed E-state index contributed by atoms with van der Waals surface area (Å²) in [5.41, 5.74) is 2.14. The summed E-state index contributed by atoms with van der Waals surface area (Å²) < 4.78 is 6.48. The Hall–Kier alpha value is -1.20. The summed E-state index contributed by atoms with van der Waals surface area (Å²) in [7, 11) is 0. The third-order valence-electron chi connectivity index (χ3n) is 3.52. The fraction of sp³-hybridized carbons (Fsp3) is 0.429. The highest BCUT2D eigenvalue weighted by molar-refractivity contribution is 9.10. The summed E-state index contributed by atoms with van der Waals surface area (Å²) in [4.78, 5) is 4.56. The van der Waals surface area contributed by atoms with Gasteiger partial charge >= 0.3 is 0 Å². The number of nitrogens with one attached hydrogen (secondary N) is 1. The number of hydrogen-bond donors (Lipinski definition) is 1. The zero-order valence-electron chi connectivity index (χ0n) is 10.8. The van der Waals surface area contributed by atoms with E-state index in [0.717, 1.165) is 40.9 Å². The SMILES string of the molecule is Cc1cc(Br)ccc1-c1nc(C2CCCNC2)no1. The summed E-state index contributed by atoms with van der Waals surface area (Å²) in [6.07, 6.45) is 2.30. The Balaban J connectivity index is 1.87. The molecule has 0 bridgehead atoms. The van der Waals surface area contributed by atoms with E-state index in [9.17, 15) is 0 Å². The molecule has 1 fully saturated rings. The lowest BCUT2D eigenvalue weighted by Crippen LogP contribution is -2.28.